The molecule has 0 fully saturated rings. The largest absolute Gasteiger partial charge is 0.478 e. The lowest BCUT2D eigenvalue weighted by Crippen LogP contribution is -1.96. The molecule has 0 radical (unpaired) electrons. The van der Waals surface area contributed by atoms with Gasteiger partial charge in [0.25, 0.3) is 5.69 Å². The van der Waals surface area contributed by atoms with E-state index in [0.717, 1.165) is 0 Å². The number of hydrogen-bond donors (Lipinski definition) is 2. The summed E-state index contributed by atoms with van der Waals surface area (Å²) in [5.41, 5.74) is 4.05. The van der Waals surface area contributed by atoms with E-state index in [1.54, 1.807) is 42.5 Å². The first-order chi connectivity index (χ1) is 11.1. The lowest BCUT2D eigenvalue weighted by atomic mass is 10.2. The topological polar surface area (TPSA) is 105 Å². The summed E-state index contributed by atoms with van der Waals surface area (Å²) < 4.78 is 0. The third-order valence-corrected chi connectivity index (χ3v) is 2.90. The molecule has 0 amide bonds. The molecule has 0 unspecified atom stereocenters. The number of hydrazone groups is 1. The SMILES string of the molecule is O=C(O)c1ccc(N/N=C/C=Cc2ccccc2[N+](=O)[O-])cc1. The summed E-state index contributed by atoms with van der Waals surface area (Å²) in [5.74, 6) is -0.993. The molecule has 0 atom stereocenters. The first-order valence-corrected chi connectivity index (χ1v) is 6.60. The van der Waals surface area contributed by atoms with Gasteiger partial charge in [-0.15, -0.1) is 0 Å². The third kappa shape index (κ3) is 4.50. The van der Waals surface area contributed by atoms with Gasteiger partial charge in [-0.05, 0) is 42.5 Å². The number of carboxylic acid groups (broad SMARTS) is 1. The van der Waals surface area contributed by atoms with E-state index in [1.165, 1.54) is 24.4 Å². The highest BCUT2D eigenvalue weighted by Gasteiger charge is 2.08. The maximum absolute atomic E-state index is 10.9. The fourth-order valence-electron chi connectivity index (χ4n) is 1.78. The number of para-hydroxylation sites is 1. The zero-order chi connectivity index (χ0) is 16.7. The van der Waals surface area contributed by atoms with Gasteiger partial charge in [0.1, 0.15) is 0 Å². The Kier molecular flexibility index (Phi) is 5.19. The van der Waals surface area contributed by atoms with Crippen molar-refractivity contribution in [1.82, 2.24) is 0 Å². The Bertz CT molecular complexity index is 767. The molecule has 2 aromatic carbocycles. The van der Waals surface area contributed by atoms with Gasteiger partial charge in [0.15, 0.2) is 0 Å². The molecule has 0 aliphatic heterocycles. The van der Waals surface area contributed by atoms with Crippen LogP contribution in [-0.4, -0.2) is 22.2 Å². The Morgan fingerprint density at radius 3 is 2.52 bits per heavy atom. The van der Waals surface area contributed by atoms with Gasteiger partial charge in [0.05, 0.1) is 21.7 Å². The van der Waals surface area contributed by atoms with Gasteiger partial charge in [-0.3, -0.25) is 15.5 Å². The number of anilines is 1. The number of aromatic carboxylic acids is 1. The minimum Gasteiger partial charge on any atom is -0.478 e. The van der Waals surface area contributed by atoms with Gasteiger partial charge in [-0.2, -0.15) is 5.10 Å². The second kappa shape index (κ2) is 7.51. The van der Waals surface area contributed by atoms with E-state index in [1.807, 2.05) is 0 Å². The fraction of sp³-hybridized carbons (Fsp3) is 0. The first-order valence-electron chi connectivity index (χ1n) is 6.60. The minimum atomic E-state index is -0.993. The molecule has 2 rings (SSSR count). The molecule has 0 saturated heterocycles. The van der Waals surface area contributed by atoms with Gasteiger partial charge in [0, 0.05) is 12.3 Å². The van der Waals surface area contributed by atoms with E-state index < -0.39 is 10.9 Å². The van der Waals surface area contributed by atoms with Crippen LogP contribution in [0.25, 0.3) is 6.08 Å². The summed E-state index contributed by atoms with van der Waals surface area (Å²) in [6.45, 7) is 0. The van der Waals surface area contributed by atoms with Crippen LogP contribution in [0.3, 0.4) is 0 Å². The normalized spacial score (nSPS) is 11.0. The Morgan fingerprint density at radius 2 is 1.87 bits per heavy atom. The van der Waals surface area contributed by atoms with Crippen LogP contribution in [0, 0.1) is 10.1 Å². The number of carboxylic acids is 1. The second-order valence-electron chi connectivity index (χ2n) is 4.45. The van der Waals surface area contributed by atoms with Crippen molar-refractivity contribution >= 4 is 29.6 Å². The maximum Gasteiger partial charge on any atom is 0.335 e. The van der Waals surface area contributed by atoms with Crippen LogP contribution in [-0.2, 0) is 0 Å². The molecular formula is C16H13N3O4. The number of benzene rings is 2. The fourth-order valence-corrected chi connectivity index (χ4v) is 1.78. The molecule has 7 nitrogen and oxygen atoms in total. The van der Waals surface area contributed by atoms with Crippen LogP contribution in [0.15, 0.2) is 59.7 Å². The second-order valence-corrected chi connectivity index (χ2v) is 4.45. The summed E-state index contributed by atoms with van der Waals surface area (Å²) in [6, 6.07) is 12.5. The zero-order valence-corrected chi connectivity index (χ0v) is 11.9. The van der Waals surface area contributed by atoms with E-state index in [2.05, 4.69) is 10.5 Å². The van der Waals surface area contributed by atoms with Crippen LogP contribution in [0.2, 0.25) is 0 Å². The zero-order valence-electron chi connectivity index (χ0n) is 11.9. The smallest absolute Gasteiger partial charge is 0.335 e. The van der Waals surface area contributed by atoms with Gasteiger partial charge in [0.2, 0.25) is 0 Å². The molecular weight excluding hydrogens is 298 g/mol. The van der Waals surface area contributed by atoms with Crippen LogP contribution < -0.4 is 5.43 Å². The van der Waals surface area contributed by atoms with Crippen molar-refractivity contribution in [2.75, 3.05) is 5.43 Å². The Morgan fingerprint density at radius 1 is 1.17 bits per heavy atom. The maximum atomic E-state index is 10.9. The van der Waals surface area contributed by atoms with E-state index in [-0.39, 0.29) is 11.3 Å². The highest BCUT2D eigenvalue weighted by Crippen LogP contribution is 2.18. The molecule has 0 aliphatic carbocycles. The number of allylic oxidation sites excluding steroid dienone is 1. The van der Waals surface area contributed by atoms with Crippen LogP contribution >= 0.6 is 0 Å². The van der Waals surface area contributed by atoms with Crippen molar-refractivity contribution in [2.24, 2.45) is 5.10 Å². The van der Waals surface area contributed by atoms with Crippen molar-refractivity contribution in [3.8, 4) is 0 Å². The highest BCUT2D eigenvalue weighted by molar-refractivity contribution is 5.88. The number of rotatable bonds is 6. The van der Waals surface area contributed by atoms with Crippen molar-refractivity contribution in [2.45, 2.75) is 0 Å². The summed E-state index contributed by atoms with van der Waals surface area (Å²) in [5, 5.41) is 23.6. The Balaban J connectivity index is 1.97. The van der Waals surface area contributed by atoms with E-state index in [0.29, 0.717) is 11.3 Å². The lowest BCUT2D eigenvalue weighted by molar-refractivity contribution is -0.385. The average molecular weight is 311 g/mol. The molecule has 0 bridgehead atoms. The molecule has 7 heteroatoms. The number of nitrogens with zero attached hydrogens (tertiary/aromatic N) is 2. The summed E-state index contributed by atoms with van der Waals surface area (Å²) >= 11 is 0. The average Bonchev–Trinajstić information content (AvgIpc) is 2.55. The van der Waals surface area contributed by atoms with Crippen molar-refractivity contribution in [3.63, 3.8) is 0 Å². The molecule has 0 spiro atoms. The van der Waals surface area contributed by atoms with Crippen molar-refractivity contribution < 1.29 is 14.8 Å². The molecule has 0 heterocycles. The van der Waals surface area contributed by atoms with Crippen molar-refractivity contribution in [3.05, 3.63) is 75.8 Å². The predicted molar refractivity (Wildman–Crippen MR) is 87.6 cm³/mol. The molecule has 2 N–H and O–H groups in total. The standard InChI is InChI=1S/C16H13N3O4/c20-16(21)13-7-9-14(10-8-13)18-17-11-3-5-12-4-1-2-6-15(12)19(22)23/h1-11,18H,(H,20,21)/b5-3?,17-11+. The quantitative estimate of drug-likeness (QED) is 0.483. The highest BCUT2D eigenvalue weighted by atomic mass is 16.6. The molecule has 0 saturated carbocycles. The Labute approximate surface area is 131 Å². The molecule has 23 heavy (non-hydrogen) atoms. The summed E-state index contributed by atoms with van der Waals surface area (Å²) in [7, 11) is 0. The summed E-state index contributed by atoms with van der Waals surface area (Å²) in [6.07, 6.45) is 4.60. The number of nitrogens with one attached hydrogen (secondary N) is 1. The van der Waals surface area contributed by atoms with Crippen LogP contribution in [0.5, 0.6) is 0 Å². The number of carbonyl (C=O) groups is 1. The minimum absolute atomic E-state index is 0.0226. The molecule has 116 valence electrons. The van der Waals surface area contributed by atoms with Gasteiger partial charge >= 0.3 is 5.97 Å². The summed E-state index contributed by atoms with van der Waals surface area (Å²) in [4.78, 5) is 21.1. The van der Waals surface area contributed by atoms with Crippen LogP contribution in [0.1, 0.15) is 15.9 Å². The first kappa shape index (κ1) is 15.9. The van der Waals surface area contributed by atoms with Gasteiger partial charge in [-0.25, -0.2) is 4.79 Å². The van der Waals surface area contributed by atoms with Crippen molar-refractivity contribution in [1.29, 1.82) is 0 Å². The van der Waals surface area contributed by atoms with E-state index in [4.69, 9.17) is 5.11 Å². The van der Waals surface area contributed by atoms with Gasteiger partial charge < -0.3 is 5.11 Å². The lowest BCUT2D eigenvalue weighted by Gasteiger charge is -1.99. The van der Waals surface area contributed by atoms with E-state index >= 15 is 0 Å². The number of nitro benzene ring substituents is 1. The Hall–Kier alpha value is -3.48. The molecule has 0 aromatic heterocycles. The molecule has 2 aromatic rings. The van der Waals surface area contributed by atoms with Crippen LogP contribution in [0.4, 0.5) is 11.4 Å². The monoisotopic (exact) mass is 311 g/mol. The number of nitro groups is 1. The third-order valence-electron chi connectivity index (χ3n) is 2.90. The molecule has 0 aliphatic rings. The number of hydrogen-bond acceptors (Lipinski definition) is 5. The van der Waals surface area contributed by atoms with Gasteiger partial charge in [-0.1, -0.05) is 12.1 Å². The van der Waals surface area contributed by atoms with E-state index in [9.17, 15) is 14.9 Å². The predicted octanol–water partition coefficient (Wildman–Crippen LogP) is 3.40.